The van der Waals surface area contributed by atoms with Crippen molar-refractivity contribution in [3.63, 3.8) is 0 Å². The molecule has 0 aliphatic carbocycles. The lowest BCUT2D eigenvalue weighted by Gasteiger charge is -2.14. The molecule has 0 saturated heterocycles. The van der Waals surface area contributed by atoms with Crippen LogP contribution in [0.1, 0.15) is 24.2 Å². The summed E-state index contributed by atoms with van der Waals surface area (Å²) in [6, 6.07) is 6.66. The number of rotatable bonds is 3. The van der Waals surface area contributed by atoms with Gasteiger partial charge in [-0.05, 0) is 31.9 Å². The van der Waals surface area contributed by atoms with Gasteiger partial charge in [0, 0.05) is 0 Å². The van der Waals surface area contributed by atoms with E-state index in [0.29, 0.717) is 28.5 Å². The molecule has 0 saturated carbocycles. The Balaban J connectivity index is 2.25. The van der Waals surface area contributed by atoms with Gasteiger partial charge in [0.1, 0.15) is 16.7 Å². The van der Waals surface area contributed by atoms with Crippen LogP contribution in [0.25, 0.3) is 0 Å². The largest absolute Gasteiger partial charge is 0.383 e. The van der Waals surface area contributed by atoms with Gasteiger partial charge in [0.25, 0.3) is 0 Å². The van der Waals surface area contributed by atoms with Gasteiger partial charge in [-0.3, -0.25) is 0 Å². The summed E-state index contributed by atoms with van der Waals surface area (Å²) in [6.45, 7) is 3.73. The SMILES string of the molecule is Cc1nn(C(C)Cc2ccccc2F)c(N)c1Cl. The summed E-state index contributed by atoms with van der Waals surface area (Å²) in [4.78, 5) is 0. The molecule has 0 bridgehead atoms. The fraction of sp³-hybridized carbons (Fsp3) is 0.308. The van der Waals surface area contributed by atoms with E-state index < -0.39 is 0 Å². The number of hydrogen-bond acceptors (Lipinski definition) is 2. The van der Waals surface area contributed by atoms with Crippen LogP contribution in [0.3, 0.4) is 0 Å². The number of nitrogen functional groups attached to an aromatic ring is 1. The highest BCUT2D eigenvalue weighted by Crippen LogP contribution is 2.27. The number of halogens is 2. The molecule has 1 atom stereocenters. The van der Waals surface area contributed by atoms with Gasteiger partial charge >= 0.3 is 0 Å². The highest BCUT2D eigenvalue weighted by atomic mass is 35.5. The van der Waals surface area contributed by atoms with Crippen molar-refractivity contribution in [1.82, 2.24) is 9.78 Å². The minimum Gasteiger partial charge on any atom is -0.383 e. The molecule has 2 N–H and O–H groups in total. The standard InChI is InChI=1S/C13H15ClFN3/c1-8(7-10-5-3-4-6-11(10)15)18-13(16)12(14)9(2)17-18/h3-6,8H,7,16H2,1-2H3. The molecule has 1 aromatic heterocycles. The molecule has 3 nitrogen and oxygen atoms in total. The van der Waals surface area contributed by atoms with Crippen molar-refractivity contribution in [2.24, 2.45) is 0 Å². The first-order valence-electron chi connectivity index (χ1n) is 5.74. The van der Waals surface area contributed by atoms with Gasteiger partial charge in [0.2, 0.25) is 0 Å². The molecule has 5 heteroatoms. The van der Waals surface area contributed by atoms with Crippen molar-refractivity contribution in [1.29, 1.82) is 0 Å². The van der Waals surface area contributed by atoms with Gasteiger partial charge in [0.15, 0.2) is 0 Å². The van der Waals surface area contributed by atoms with Crippen LogP contribution >= 0.6 is 11.6 Å². The highest BCUT2D eigenvalue weighted by molar-refractivity contribution is 6.33. The smallest absolute Gasteiger partial charge is 0.141 e. The first kappa shape index (κ1) is 12.9. The summed E-state index contributed by atoms with van der Waals surface area (Å²) in [6.07, 6.45) is 0.522. The minimum atomic E-state index is -0.210. The van der Waals surface area contributed by atoms with Crippen molar-refractivity contribution in [3.8, 4) is 0 Å². The molecule has 0 amide bonds. The molecular formula is C13H15ClFN3. The van der Waals surface area contributed by atoms with Crippen LogP contribution in [0.4, 0.5) is 10.2 Å². The number of nitrogens with zero attached hydrogens (tertiary/aromatic N) is 2. The Labute approximate surface area is 110 Å². The fourth-order valence-electron chi connectivity index (χ4n) is 1.95. The second kappa shape index (κ2) is 4.98. The molecular weight excluding hydrogens is 253 g/mol. The van der Waals surface area contributed by atoms with E-state index in [0.717, 1.165) is 0 Å². The molecule has 0 spiro atoms. The maximum atomic E-state index is 13.6. The number of benzene rings is 1. The Hall–Kier alpha value is -1.55. The van der Waals surface area contributed by atoms with E-state index in [2.05, 4.69) is 5.10 Å². The third-order valence-electron chi connectivity index (χ3n) is 2.94. The van der Waals surface area contributed by atoms with Gasteiger partial charge in [-0.2, -0.15) is 5.10 Å². The van der Waals surface area contributed by atoms with E-state index >= 15 is 0 Å². The lowest BCUT2D eigenvalue weighted by Crippen LogP contribution is -2.13. The zero-order valence-electron chi connectivity index (χ0n) is 10.3. The summed E-state index contributed by atoms with van der Waals surface area (Å²) in [7, 11) is 0. The number of hydrogen-bond donors (Lipinski definition) is 1. The molecule has 1 unspecified atom stereocenters. The van der Waals surface area contributed by atoms with Crippen LogP contribution in [0.5, 0.6) is 0 Å². The Bertz CT molecular complexity index is 565. The molecule has 0 aliphatic rings. The first-order chi connectivity index (χ1) is 8.50. The second-order valence-corrected chi connectivity index (χ2v) is 4.75. The highest BCUT2D eigenvalue weighted by Gasteiger charge is 2.16. The van der Waals surface area contributed by atoms with Gasteiger partial charge in [-0.1, -0.05) is 29.8 Å². The third kappa shape index (κ3) is 2.34. The van der Waals surface area contributed by atoms with E-state index in [1.165, 1.54) is 6.07 Å². The zero-order valence-corrected chi connectivity index (χ0v) is 11.1. The van der Waals surface area contributed by atoms with Gasteiger partial charge in [0.05, 0.1) is 11.7 Å². The quantitative estimate of drug-likeness (QED) is 0.927. The van der Waals surface area contributed by atoms with Crippen LogP contribution in [0.2, 0.25) is 5.02 Å². The lowest BCUT2D eigenvalue weighted by molar-refractivity contribution is 0.481. The normalized spacial score (nSPS) is 12.7. The van der Waals surface area contributed by atoms with Crippen LogP contribution < -0.4 is 5.73 Å². The molecule has 2 rings (SSSR count). The van der Waals surface area contributed by atoms with Gasteiger partial charge in [-0.25, -0.2) is 9.07 Å². The van der Waals surface area contributed by atoms with Crippen LogP contribution in [-0.4, -0.2) is 9.78 Å². The maximum absolute atomic E-state index is 13.6. The van der Waals surface area contributed by atoms with Crippen molar-refractivity contribution in [2.45, 2.75) is 26.3 Å². The maximum Gasteiger partial charge on any atom is 0.141 e. The minimum absolute atomic E-state index is 0.0481. The molecule has 0 radical (unpaired) electrons. The summed E-state index contributed by atoms with van der Waals surface area (Å²) >= 11 is 5.99. The molecule has 0 fully saturated rings. The Morgan fingerprint density at radius 2 is 2.11 bits per heavy atom. The molecule has 18 heavy (non-hydrogen) atoms. The van der Waals surface area contributed by atoms with E-state index in [9.17, 15) is 4.39 Å². The Morgan fingerprint density at radius 3 is 2.67 bits per heavy atom. The van der Waals surface area contributed by atoms with E-state index in [1.807, 2.05) is 13.0 Å². The van der Waals surface area contributed by atoms with Crippen LogP contribution in [0.15, 0.2) is 24.3 Å². The van der Waals surface area contributed by atoms with Crippen LogP contribution in [0, 0.1) is 12.7 Å². The molecule has 96 valence electrons. The Morgan fingerprint density at radius 1 is 1.44 bits per heavy atom. The fourth-order valence-corrected chi connectivity index (χ4v) is 2.07. The molecule has 2 aromatic rings. The number of anilines is 1. The first-order valence-corrected chi connectivity index (χ1v) is 6.12. The van der Waals surface area contributed by atoms with E-state index in [4.69, 9.17) is 17.3 Å². The summed E-state index contributed by atoms with van der Waals surface area (Å²) in [5.74, 6) is 0.218. The molecule has 0 aliphatic heterocycles. The average Bonchev–Trinajstić information content (AvgIpc) is 2.60. The lowest BCUT2D eigenvalue weighted by atomic mass is 10.1. The second-order valence-electron chi connectivity index (χ2n) is 4.37. The average molecular weight is 268 g/mol. The van der Waals surface area contributed by atoms with Crippen LogP contribution in [-0.2, 0) is 6.42 Å². The van der Waals surface area contributed by atoms with E-state index in [1.54, 1.807) is 23.7 Å². The van der Waals surface area contributed by atoms with Gasteiger partial charge in [-0.15, -0.1) is 0 Å². The summed E-state index contributed by atoms with van der Waals surface area (Å²) in [5, 5.41) is 4.74. The predicted octanol–water partition coefficient (Wildman–Crippen LogP) is 3.37. The molecule has 1 heterocycles. The van der Waals surface area contributed by atoms with Crippen molar-refractivity contribution >= 4 is 17.4 Å². The number of aryl methyl sites for hydroxylation is 1. The zero-order chi connectivity index (χ0) is 13.3. The Kier molecular flexibility index (Phi) is 3.57. The number of nitrogens with two attached hydrogens (primary N) is 1. The monoisotopic (exact) mass is 267 g/mol. The van der Waals surface area contributed by atoms with Crippen molar-refractivity contribution < 1.29 is 4.39 Å². The molecule has 1 aromatic carbocycles. The van der Waals surface area contributed by atoms with E-state index in [-0.39, 0.29) is 11.9 Å². The summed E-state index contributed by atoms with van der Waals surface area (Å²) < 4.78 is 15.2. The van der Waals surface area contributed by atoms with Crippen molar-refractivity contribution in [2.75, 3.05) is 5.73 Å². The topological polar surface area (TPSA) is 43.8 Å². The van der Waals surface area contributed by atoms with Gasteiger partial charge < -0.3 is 5.73 Å². The summed E-state index contributed by atoms with van der Waals surface area (Å²) in [5.41, 5.74) is 7.21. The predicted molar refractivity (Wildman–Crippen MR) is 71.2 cm³/mol. The third-order valence-corrected chi connectivity index (χ3v) is 3.40. The number of aromatic nitrogens is 2. The van der Waals surface area contributed by atoms with Crippen molar-refractivity contribution in [3.05, 3.63) is 46.4 Å².